The van der Waals surface area contributed by atoms with Crippen LogP contribution in [0.25, 0.3) is 0 Å². The van der Waals surface area contributed by atoms with Crippen molar-refractivity contribution in [1.29, 1.82) is 0 Å². The van der Waals surface area contributed by atoms with Gasteiger partial charge in [-0.05, 0) is 80.9 Å². The van der Waals surface area contributed by atoms with Gasteiger partial charge in [0.1, 0.15) is 6.10 Å². The van der Waals surface area contributed by atoms with E-state index in [-0.39, 0.29) is 17.4 Å². The van der Waals surface area contributed by atoms with Crippen molar-refractivity contribution < 1.29 is 18.7 Å². The Bertz CT molecular complexity index is 793. The molecular formula is C35H57FO3. The summed E-state index contributed by atoms with van der Waals surface area (Å²) in [5.74, 6) is 1.95. The highest BCUT2D eigenvalue weighted by Crippen LogP contribution is 2.41. The first kappa shape index (κ1) is 31.9. The molecule has 1 aromatic rings. The third-order valence-electron chi connectivity index (χ3n) is 9.44. The van der Waals surface area contributed by atoms with Crippen molar-refractivity contribution in [2.75, 3.05) is 6.61 Å². The molecule has 1 aromatic carbocycles. The molecule has 0 saturated heterocycles. The van der Waals surface area contributed by atoms with Crippen LogP contribution >= 0.6 is 0 Å². The van der Waals surface area contributed by atoms with Crippen molar-refractivity contribution in [2.24, 2.45) is 17.8 Å². The highest BCUT2D eigenvalue weighted by Gasteiger charge is 2.32. The topological polar surface area (TPSA) is 35.5 Å². The number of halogens is 1. The van der Waals surface area contributed by atoms with Gasteiger partial charge in [0.25, 0.3) is 0 Å². The van der Waals surface area contributed by atoms with E-state index in [2.05, 4.69) is 13.8 Å². The van der Waals surface area contributed by atoms with Crippen molar-refractivity contribution in [3.05, 3.63) is 29.6 Å². The molecule has 0 bridgehead atoms. The number of ether oxygens (including phenoxy) is 2. The lowest BCUT2D eigenvalue weighted by Crippen LogP contribution is -2.29. The van der Waals surface area contributed by atoms with E-state index < -0.39 is 11.8 Å². The van der Waals surface area contributed by atoms with Crippen molar-refractivity contribution in [3.8, 4) is 5.75 Å². The average Bonchev–Trinajstić information content (AvgIpc) is 2.96. The summed E-state index contributed by atoms with van der Waals surface area (Å²) in [5.41, 5.74) is 0.283. The van der Waals surface area contributed by atoms with Gasteiger partial charge in [0.2, 0.25) is 0 Å². The summed E-state index contributed by atoms with van der Waals surface area (Å²) in [6, 6.07) is 4.49. The largest absolute Gasteiger partial charge is 0.491 e. The van der Waals surface area contributed by atoms with E-state index in [9.17, 15) is 9.18 Å². The van der Waals surface area contributed by atoms with Crippen LogP contribution in [0.15, 0.2) is 18.2 Å². The van der Waals surface area contributed by atoms with E-state index in [1.807, 2.05) is 0 Å². The lowest BCUT2D eigenvalue weighted by atomic mass is 9.70. The molecule has 0 amide bonds. The molecule has 0 N–H and O–H groups in total. The van der Waals surface area contributed by atoms with Crippen LogP contribution < -0.4 is 4.74 Å². The first-order valence-electron chi connectivity index (χ1n) is 16.7. The van der Waals surface area contributed by atoms with Crippen molar-refractivity contribution in [1.82, 2.24) is 0 Å². The normalized spacial score (nSPS) is 23.5. The minimum Gasteiger partial charge on any atom is -0.491 e. The van der Waals surface area contributed by atoms with Gasteiger partial charge < -0.3 is 9.47 Å². The third kappa shape index (κ3) is 11.8. The summed E-state index contributed by atoms with van der Waals surface area (Å²) in [6.07, 6.45) is 26.5. The Labute approximate surface area is 239 Å². The molecule has 3 rings (SSSR count). The van der Waals surface area contributed by atoms with Crippen LogP contribution in [0.4, 0.5) is 4.39 Å². The first-order valence-corrected chi connectivity index (χ1v) is 16.7. The number of rotatable bonds is 18. The fraction of sp³-hybridized carbons (Fsp3) is 0.800. The minimum atomic E-state index is -0.479. The quantitative estimate of drug-likeness (QED) is 0.136. The highest BCUT2D eigenvalue weighted by molar-refractivity contribution is 5.89. The van der Waals surface area contributed by atoms with Gasteiger partial charge in [-0.25, -0.2) is 9.18 Å². The van der Waals surface area contributed by atoms with Crippen molar-refractivity contribution in [3.63, 3.8) is 0 Å². The van der Waals surface area contributed by atoms with Crippen LogP contribution in [-0.2, 0) is 4.74 Å². The van der Waals surface area contributed by atoms with Crippen LogP contribution in [-0.4, -0.2) is 18.7 Å². The number of unbranched alkanes of at least 4 members (excludes halogenated alkanes) is 10. The Balaban J connectivity index is 1.29. The molecule has 39 heavy (non-hydrogen) atoms. The fourth-order valence-electron chi connectivity index (χ4n) is 6.87. The second-order valence-corrected chi connectivity index (χ2v) is 12.5. The van der Waals surface area contributed by atoms with E-state index in [4.69, 9.17) is 9.47 Å². The maximum atomic E-state index is 14.6. The molecule has 2 saturated carbocycles. The third-order valence-corrected chi connectivity index (χ3v) is 9.44. The van der Waals surface area contributed by atoms with E-state index in [1.165, 1.54) is 102 Å². The molecule has 0 radical (unpaired) electrons. The standard InChI is InChI=1S/C35H57FO3/c1-3-5-7-9-10-12-14-26-38-34-25-22-31(27-33(34)36)35(37)39-32-23-20-30(21-24-32)29-18-16-28(17-19-29)15-13-11-8-6-4-2/h22,25,27-30,32H,3-21,23-24,26H2,1-2H3. The van der Waals surface area contributed by atoms with E-state index in [0.717, 1.165) is 56.3 Å². The van der Waals surface area contributed by atoms with Crippen LogP contribution in [0.3, 0.4) is 0 Å². The molecule has 0 heterocycles. The van der Waals surface area contributed by atoms with Crippen LogP contribution in [0.2, 0.25) is 0 Å². The van der Waals surface area contributed by atoms with Gasteiger partial charge in [-0.3, -0.25) is 0 Å². The zero-order valence-corrected chi connectivity index (χ0v) is 25.2. The monoisotopic (exact) mass is 544 g/mol. The fourth-order valence-corrected chi connectivity index (χ4v) is 6.87. The summed E-state index contributed by atoms with van der Waals surface area (Å²) in [4.78, 5) is 12.7. The van der Waals surface area contributed by atoms with E-state index >= 15 is 0 Å². The Morgan fingerprint density at radius 1 is 0.744 bits per heavy atom. The van der Waals surface area contributed by atoms with Crippen LogP contribution in [0, 0.1) is 23.6 Å². The molecule has 0 spiro atoms. The molecule has 0 unspecified atom stereocenters. The Kier molecular flexibility index (Phi) is 15.3. The van der Waals surface area contributed by atoms with Gasteiger partial charge in [0, 0.05) is 0 Å². The lowest BCUT2D eigenvalue weighted by molar-refractivity contribution is 0.0109. The number of esters is 1. The van der Waals surface area contributed by atoms with Crippen LogP contribution in [0.1, 0.15) is 159 Å². The molecule has 0 aliphatic heterocycles. The first-order chi connectivity index (χ1) is 19.1. The van der Waals surface area contributed by atoms with Crippen LogP contribution in [0.5, 0.6) is 5.75 Å². The van der Waals surface area contributed by atoms with E-state index in [0.29, 0.717) is 6.61 Å². The predicted octanol–water partition coefficient (Wildman–Crippen LogP) is 10.8. The Hall–Kier alpha value is -1.58. The number of benzene rings is 1. The lowest BCUT2D eigenvalue weighted by Gasteiger charge is -2.37. The molecule has 0 aromatic heterocycles. The summed E-state index contributed by atoms with van der Waals surface area (Å²) in [6.45, 7) is 5.02. The molecule has 2 aliphatic rings. The molecular weight excluding hydrogens is 487 g/mol. The Morgan fingerprint density at radius 3 is 1.92 bits per heavy atom. The zero-order chi connectivity index (χ0) is 27.7. The summed E-state index contributed by atoms with van der Waals surface area (Å²) in [7, 11) is 0. The second-order valence-electron chi connectivity index (χ2n) is 12.5. The van der Waals surface area contributed by atoms with Gasteiger partial charge in [0.05, 0.1) is 12.2 Å². The Morgan fingerprint density at radius 2 is 1.31 bits per heavy atom. The molecule has 4 heteroatoms. The van der Waals surface area contributed by atoms with Gasteiger partial charge in [-0.15, -0.1) is 0 Å². The maximum absolute atomic E-state index is 14.6. The highest BCUT2D eigenvalue weighted by atomic mass is 19.1. The van der Waals surface area contributed by atoms with Crippen molar-refractivity contribution in [2.45, 2.75) is 155 Å². The summed E-state index contributed by atoms with van der Waals surface area (Å²) < 4.78 is 26.0. The van der Waals surface area contributed by atoms with E-state index in [1.54, 1.807) is 12.1 Å². The van der Waals surface area contributed by atoms with Gasteiger partial charge in [0.15, 0.2) is 11.6 Å². The second kappa shape index (κ2) is 18.7. The number of carbonyl (C=O) groups excluding carboxylic acids is 1. The van der Waals surface area contributed by atoms with Gasteiger partial charge in [-0.1, -0.05) is 104 Å². The average molecular weight is 545 g/mol. The maximum Gasteiger partial charge on any atom is 0.338 e. The molecule has 3 nitrogen and oxygen atoms in total. The predicted molar refractivity (Wildman–Crippen MR) is 160 cm³/mol. The smallest absolute Gasteiger partial charge is 0.338 e. The molecule has 222 valence electrons. The number of hydrogen-bond acceptors (Lipinski definition) is 3. The van der Waals surface area contributed by atoms with Crippen molar-refractivity contribution >= 4 is 5.97 Å². The molecule has 0 atom stereocenters. The minimum absolute atomic E-state index is 0.0375. The molecule has 2 aliphatic carbocycles. The van der Waals surface area contributed by atoms with Gasteiger partial charge >= 0.3 is 5.97 Å². The number of carbonyl (C=O) groups is 1. The summed E-state index contributed by atoms with van der Waals surface area (Å²) in [5, 5.41) is 0. The number of hydrogen-bond donors (Lipinski definition) is 0. The molecule has 2 fully saturated rings. The summed E-state index contributed by atoms with van der Waals surface area (Å²) >= 11 is 0. The SMILES string of the molecule is CCCCCCCCCOc1ccc(C(=O)OC2CCC(C3CCC(CCCCCCC)CC3)CC2)cc1F. The van der Waals surface area contributed by atoms with Gasteiger partial charge in [-0.2, -0.15) is 0 Å². The zero-order valence-electron chi connectivity index (χ0n) is 25.2.